The Kier molecular flexibility index (Phi) is 6.68. The van der Waals surface area contributed by atoms with Gasteiger partial charge in [0.15, 0.2) is 18.1 Å². The number of halogens is 1. The second-order valence-electron chi connectivity index (χ2n) is 6.50. The van der Waals surface area contributed by atoms with Crippen LogP contribution in [0.1, 0.15) is 5.56 Å². The number of para-hydroxylation sites is 1. The van der Waals surface area contributed by atoms with Crippen molar-refractivity contribution in [2.75, 3.05) is 25.6 Å². The average Bonchev–Trinajstić information content (AvgIpc) is 3.01. The number of hydrogen-bond donors (Lipinski definition) is 3. The molecule has 1 heterocycles. The van der Waals surface area contributed by atoms with Gasteiger partial charge in [0.1, 0.15) is 18.1 Å². The fourth-order valence-corrected chi connectivity index (χ4v) is 2.81. The number of nitrogens with zero attached hydrogens (tertiary/aromatic N) is 1. The van der Waals surface area contributed by atoms with Gasteiger partial charge in [-0.05, 0) is 35.9 Å². The molecule has 10 nitrogen and oxygen atoms in total. The number of benzene rings is 2. The van der Waals surface area contributed by atoms with Gasteiger partial charge in [-0.1, -0.05) is 18.2 Å². The number of imide groups is 1. The van der Waals surface area contributed by atoms with E-state index in [9.17, 15) is 23.6 Å². The minimum atomic E-state index is -1.16. The van der Waals surface area contributed by atoms with Crippen molar-refractivity contribution < 1.29 is 38.1 Å². The second kappa shape index (κ2) is 9.60. The maximum Gasteiger partial charge on any atom is 0.341 e. The zero-order chi connectivity index (χ0) is 23.3. The Labute approximate surface area is 181 Å². The van der Waals surface area contributed by atoms with Crippen LogP contribution in [-0.4, -0.2) is 54.1 Å². The molecule has 32 heavy (non-hydrogen) atoms. The summed E-state index contributed by atoms with van der Waals surface area (Å²) in [5.41, 5.74) is 0.290. The molecule has 166 valence electrons. The zero-order valence-corrected chi connectivity index (χ0v) is 16.8. The molecule has 0 radical (unpaired) electrons. The molecule has 0 atom stereocenters. The first kappa shape index (κ1) is 22.3. The van der Waals surface area contributed by atoms with Gasteiger partial charge in [-0.2, -0.15) is 0 Å². The van der Waals surface area contributed by atoms with Crippen LogP contribution in [0, 0.1) is 5.82 Å². The van der Waals surface area contributed by atoms with Crippen LogP contribution in [0.2, 0.25) is 0 Å². The molecule has 1 aliphatic rings. The molecular formula is C21H18FN3O7. The average molecular weight is 443 g/mol. The van der Waals surface area contributed by atoms with Crippen LogP contribution < -0.4 is 20.1 Å². The first-order valence-electron chi connectivity index (χ1n) is 9.20. The van der Waals surface area contributed by atoms with E-state index in [1.807, 2.05) is 0 Å². The van der Waals surface area contributed by atoms with E-state index in [1.165, 1.54) is 49.6 Å². The highest BCUT2D eigenvalue weighted by molar-refractivity contribution is 6.16. The fraction of sp³-hybridized carbons (Fsp3) is 0.143. The van der Waals surface area contributed by atoms with E-state index in [0.717, 1.165) is 6.07 Å². The summed E-state index contributed by atoms with van der Waals surface area (Å²) in [7, 11) is 1.36. The quantitative estimate of drug-likeness (QED) is 0.419. The van der Waals surface area contributed by atoms with Gasteiger partial charge in [0, 0.05) is 0 Å². The molecule has 0 aliphatic carbocycles. The van der Waals surface area contributed by atoms with Crippen LogP contribution in [0.4, 0.5) is 14.9 Å². The molecule has 0 aromatic heterocycles. The number of urea groups is 1. The zero-order valence-electron chi connectivity index (χ0n) is 16.8. The van der Waals surface area contributed by atoms with Gasteiger partial charge < -0.3 is 25.2 Å². The smallest absolute Gasteiger partial charge is 0.341 e. The van der Waals surface area contributed by atoms with Crippen molar-refractivity contribution in [3.63, 3.8) is 0 Å². The summed E-state index contributed by atoms with van der Waals surface area (Å²) < 4.78 is 23.9. The molecule has 3 N–H and O–H groups in total. The maximum absolute atomic E-state index is 13.7. The molecule has 4 amide bonds. The summed E-state index contributed by atoms with van der Waals surface area (Å²) in [5.74, 6) is -2.89. The molecule has 3 rings (SSSR count). The Morgan fingerprint density at radius 2 is 1.94 bits per heavy atom. The van der Waals surface area contributed by atoms with Crippen molar-refractivity contribution in [1.82, 2.24) is 10.2 Å². The van der Waals surface area contributed by atoms with Gasteiger partial charge >= 0.3 is 12.0 Å². The number of carboxylic acid groups (broad SMARTS) is 1. The number of carboxylic acids is 1. The van der Waals surface area contributed by atoms with E-state index in [-0.39, 0.29) is 22.9 Å². The largest absolute Gasteiger partial charge is 0.493 e. The van der Waals surface area contributed by atoms with E-state index in [1.54, 1.807) is 0 Å². The Morgan fingerprint density at radius 1 is 1.19 bits per heavy atom. The molecule has 0 spiro atoms. The third kappa shape index (κ3) is 5.19. The number of hydrogen-bond acceptors (Lipinski definition) is 6. The molecule has 0 bridgehead atoms. The van der Waals surface area contributed by atoms with Crippen molar-refractivity contribution >= 4 is 35.6 Å². The van der Waals surface area contributed by atoms with Crippen molar-refractivity contribution in [3.8, 4) is 11.5 Å². The second-order valence-corrected chi connectivity index (χ2v) is 6.50. The Morgan fingerprint density at radius 3 is 2.62 bits per heavy atom. The van der Waals surface area contributed by atoms with Gasteiger partial charge in [-0.15, -0.1) is 0 Å². The fourth-order valence-electron chi connectivity index (χ4n) is 2.81. The Hall–Kier alpha value is -4.41. The SMILES string of the molecule is COc1cc(/C=C2/NC(=O)N(CC(=O)Nc3ccccc3F)C2=O)ccc1OCC(=O)O. The summed E-state index contributed by atoms with van der Waals surface area (Å²) in [6, 6.07) is 9.15. The van der Waals surface area contributed by atoms with Crippen molar-refractivity contribution in [3.05, 3.63) is 59.5 Å². The Bertz CT molecular complexity index is 1120. The van der Waals surface area contributed by atoms with E-state index in [2.05, 4.69) is 10.6 Å². The van der Waals surface area contributed by atoms with Gasteiger partial charge in [0.05, 0.1) is 12.8 Å². The standard InChI is InChI=1S/C21H18FN3O7/c1-31-17-9-12(6-7-16(17)32-11-19(27)28)8-15-20(29)25(21(30)24-15)10-18(26)23-14-5-3-2-4-13(14)22/h2-9H,10-11H2,1H3,(H,23,26)(H,24,30)(H,27,28)/b15-8+. The maximum atomic E-state index is 13.7. The van der Waals surface area contributed by atoms with Crippen LogP contribution in [-0.2, 0) is 14.4 Å². The van der Waals surface area contributed by atoms with Gasteiger partial charge in [-0.25, -0.2) is 18.9 Å². The van der Waals surface area contributed by atoms with E-state index >= 15 is 0 Å². The number of amides is 4. The molecule has 1 aliphatic heterocycles. The van der Waals surface area contributed by atoms with Crippen LogP contribution in [0.25, 0.3) is 6.08 Å². The summed E-state index contributed by atoms with van der Waals surface area (Å²) in [5, 5.41) is 13.4. The molecule has 0 unspecified atom stereocenters. The molecule has 2 aromatic rings. The third-order valence-electron chi connectivity index (χ3n) is 4.26. The molecule has 1 fully saturated rings. The topological polar surface area (TPSA) is 134 Å². The van der Waals surface area contributed by atoms with Crippen LogP contribution in [0.5, 0.6) is 11.5 Å². The van der Waals surface area contributed by atoms with Gasteiger partial charge in [0.25, 0.3) is 5.91 Å². The lowest BCUT2D eigenvalue weighted by Crippen LogP contribution is -2.38. The highest BCUT2D eigenvalue weighted by Gasteiger charge is 2.35. The molecule has 11 heteroatoms. The lowest BCUT2D eigenvalue weighted by molar-refractivity contribution is -0.139. The van der Waals surface area contributed by atoms with Crippen molar-refractivity contribution in [2.45, 2.75) is 0 Å². The normalized spacial score (nSPS) is 14.3. The van der Waals surface area contributed by atoms with E-state index in [4.69, 9.17) is 14.6 Å². The number of rotatable bonds is 8. The van der Waals surface area contributed by atoms with Crippen LogP contribution in [0.15, 0.2) is 48.2 Å². The summed E-state index contributed by atoms with van der Waals surface area (Å²) in [4.78, 5) is 48.2. The first-order chi connectivity index (χ1) is 15.3. The lowest BCUT2D eigenvalue weighted by atomic mass is 10.1. The Balaban J connectivity index is 1.71. The molecule has 1 saturated heterocycles. The highest BCUT2D eigenvalue weighted by atomic mass is 19.1. The highest BCUT2D eigenvalue weighted by Crippen LogP contribution is 2.29. The lowest BCUT2D eigenvalue weighted by Gasteiger charge is -2.12. The number of ether oxygens (including phenoxy) is 2. The number of nitrogens with one attached hydrogen (secondary N) is 2. The number of carbonyl (C=O) groups excluding carboxylic acids is 3. The summed E-state index contributed by atoms with van der Waals surface area (Å²) in [6.45, 7) is -1.17. The number of aliphatic carboxylic acids is 1. The van der Waals surface area contributed by atoms with E-state index < -0.39 is 42.8 Å². The van der Waals surface area contributed by atoms with Crippen molar-refractivity contribution in [2.24, 2.45) is 0 Å². The predicted octanol–water partition coefficient (Wildman–Crippen LogP) is 1.83. The third-order valence-corrected chi connectivity index (χ3v) is 4.26. The number of anilines is 1. The number of methoxy groups -OCH3 is 1. The minimum absolute atomic E-state index is 0.0716. The molecule has 2 aromatic carbocycles. The monoisotopic (exact) mass is 443 g/mol. The summed E-state index contributed by atoms with van der Waals surface area (Å²) >= 11 is 0. The molecular weight excluding hydrogens is 425 g/mol. The summed E-state index contributed by atoms with van der Waals surface area (Å²) in [6.07, 6.45) is 1.36. The first-order valence-corrected chi connectivity index (χ1v) is 9.20. The predicted molar refractivity (Wildman–Crippen MR) is 109 cm³/mol. The van der Waals surface area contributed by atoms with Crippen LogP contribution in [0.3, 0.4) is 0 Å². The molecule has 0 saturated carbocycles. The van der Waals surface area contributed by atoms with Gasteiger partial charge in [-0.3, -0.25) is 9.59 Å². The van der Waals surface area contributed by atoms with Crippen LogP contribution >= 0.6 is 0 Å². The van der Waals surface area contributed by atoms with Crippen molar-refractivity contribution in [1.29, 1.82) is 0 Å². The van der Waals surface area contributed by atoms with Gasteiger partial charge in [0.2, 0.25) is 5.91 Å². The number of carbonyl (C=O) groups is 4. The van der Waals surface area contributed by atoms with E-state index in [0.29, 0.717) is 10.5 Å². The minimum Gasteiger partial charge on any atom is -0.493 e.